The number of amides is 2. The van der Waals surface area contributed by atoms with Crippen LogP contribution in [-0.4, -0.2) is 23.0 Å². The van der Waals surface area contributed by atoms with Gasteiger partial charge in [0.1, 0.15) is 12.6 Å². The highest BCUT2D eigenvalue weighted by Crippen LogP contribution is 2.20. The number of alkyl carbamates (subject to hydrolysis) is 1. The summed E-state index contributed by atoms with van der Waals surface area (Å²) in [7, 11) is 0. The van der Waals surface area contributed by atoms with E-state index in [4.69, 9.17) is 4.74 Å². The molecule has 0 bridgehead atoms. The molecule has 3 aromatic carbocycles. The van der Waals surface area contributed by atoms with Crippen molar-refractivity contribution >= 4 is 28.6 Å². The standard InChI is InChI=1S/C27H27N3O3/c1-18-12-19(2)14-22(13-18)29-26(31)25(15-21-16-28-24-11-7-6-10-23(21)24)30-27(32)33-17-20-8-4-3-5-9-20/h3-14,16,25,28H,15,17H2,1-2H3,(H,29,31)(H,30,32)/t25-/m0/s1. The molecular weight excluding hydrogens is 414 g/mol. The molecule has 0 unspecified atom stereocenters. The number of aromatic nitrogens is 1. The van der Waals surface area contributed by atoms with Gasteiger partial charge >= 0.3 is 6.09 Å². The molecule has 33 heavy (non-hydrogen) atoms. The number of aryl methyl sites for hydroxylation is 2. The van der Waals surface area contributed by atoms with Gasteiger partial charge in [-0.25, -0.2) is 4.79 Å². The van der Waals surface area contributed by atoms with Gasteiger partial charge < -0.3 is 20.4 Å². The van der Waals surface area contributed by atoms with Crippen molar-refractivity contribution in [2.45, 2.75) is 32.9 Å². The van der Waals surface area contributed by atoms with Crippen LogP contribution in [0.4, 0.5) is 10.5 Å². The molecule has 3 N–H and O–H groups in total. The van der Waals surface area contributed by atoms with Crippen molar-refractivity contribution in [3.8, 4) is 0 Å². The Hall–Kier alpha value is -4.06. The third kappa shape index (κ3) is 5.80. The third-order valence-electron chi connectivity index (χ3n) is 5.41. The predicted molar refractivity (Wildman–Crippen MR) is 130 cm³/mol. The summed E-state index contributed by atoms with van der Waals surface area (Å²) in [4.78, 5) is 29.0. The zero-order valence-electron chi connectivity index (χ0n) is 18.7. The lowest BCUT2D eigenvalue weighted by Crippen LogP contribution is -2.45. The van der Waals surface area contributed by atoms with Crippen LogP contribution in [0.25, 0.3) is 10.9 Å². The molecular formula is C27H27N3O3. The van der Waals surface area contributed by atoms with Crippen LogP contribution in [0, 0.1) is 13.8 Å². The molecule has 2 amide bonds. The maximum absolute atomic E-state index is 13.2. The molecule has 4 aromatic rings. The van der Waals surface area contributed by atoms with Crippen LogP contribution in [0.1, 0.15) is 22.3 Å². The normalized spacial score (nSPS) is 11.7. The van der Waals surface area contributed by atoms with Gasteiger partial charge in [0.2, 0.25) is 5.91 Å². The van der Waals surface area contributed by atoms with Crippen molar-refractivity contribution in [1.29, 1.82) is 0 Å². The summed E-state index contributed by atoms with van der Waals surface area (Å²) in [5.74, 6) is -0.304. The van der Waals surface area contributed by atoms with Crippen molar-refractivity contribution in [1.82, 2.24) is 10.3 Å². The minimum absolute atomic E-state index is 0.130. The fraction of sp³-hybridized carbons (Fsp3) is 0.185. The largest absolute Gasteiger partial charge is 0.445 e. The number of aromatic amines is 1. The number of nitrogens with one attached hydrogen (secondary N) is 3. The Labute approximate surface area is 193 Å². The van der Waals surface area contributed by atoms with Gasteiger partial charge in [0.25, 0.3) is 0 Å². The van der Waals surface area contributed by atoms with Crippen LogP contribution < -0.4 is 10.6 Å². The molecule has 0 spiro atoms. The van der Waals surface area contributed by atoms with Crippen LogP contribution in [0.5, 0.6) is 0 Å². The Morgan fingerprint density at radius 2 is 1.64 bits per heavy atom. The maximum atomic E-state index is 13.2. The summed E-state index contributed by atoms with van der Waals surface area (Å²) in [6.07, 6.45) is 1.55. The summed E-state index contributed by atoms with van der Waals surface area (Å²) in [5.41, 5.74) is 5.59. The number of para-hydroxylation sites is 1. The van der Waals surface area contributed by atoms with E-state index < -0.39 is 12.1 Å². The quantitative estimate of drug-likeness (QED) is 0.366. The van der Waals surface area contributed by atoms with E-state index in [1.54, 1.807) is 0 Å². The SMILES string of the molecule is Cc1cc(C)cc(NC(=O)[C@H](Cc2c[nH]c3ccccc23)NC(=O)OCc2ccccc2)c1. The smallest absolute Gasteiger partial charge is 0.408 e. The van der Waals surface area contributed by atoms with E-state index in [0.717, 1.165) is 33.2 Å². The second-order valence-electron chi connectivity index (χ2n) is 8.19. The summed E-state index contributed by atoms with van der Waals surface area (Å²) >= 11 is 0. The van der Waals surface area contributed by atoms with Gasteiger partial charge in [-0.15, -0.1) is 0 Å². The molecule has 0 saturated carbocycles. The molecule has 1 atom stereocenters. The van der Waals surface area contributed by atoms with Gasteiger partial charge in [0.15, 0.2) is 0 Å². The fourth-order valence-corrected chi connectivity index (χ4v) is 3.91. The van der Waals surface area contributed by atoms with E-state index >= 15 is 0 Å². The summed E-state index contributed by atoms with van der Waals surface area (Å²) in [6, 6.07) is 22.3. The van der Waals surface area contributed by atoms with Crippen LogP contribution in [-0.2, 0) is 22.6 Å². The van der Waals surface area contributed by atoms with E-state index in [2.05, 4.69) is 15.6 Å². The highest BCUT2D eigenvalue weighted by molar-refractivity contribution is 5.97. The van der Waals surface area contributed by atoms with Crippen molar-refractivity contribution in [2.75, 3.05) is 5.32 Å². The van der Waals surface area contributed by atoms with Crippen LogP contribution in [0.15, 0.2) is 79.0 Å². The topological polar surface area (TPSA) is 83.2 Å². The lowest BCUT2D eigenvalue weighted by molar-refractivity contribution is -0.118. The van der Waals surface area contributed by atoms with Crippen LogP contribution >= 0.6 is 0 Å². The number of rotatable bonds is 7. The molecule has 6 heteroatoms. The molecule has 0 aliphatic heterocycles. The Kier molecular flexibility index (Phi) is 6.74. The van der Waals surface area contributed by atoms with Gasteiger partial charge in [-0.05, 0) is 54.3 Å². The molecule has 0 aliphatic carbocycles. The van der Waals surface area contributed by atoms with Gasteiger partial charge in [0.05, 0.1) is 0 Å². The van der Waals surface area contributed by atoms with Gasteiger partial charge in [-0.3, -0.25) is 4.79 Å². The number of benzene rings is 3. The number of ether oxygens (including phenoxy) is 1. The van der Waals surface area contributed by atoms with E-state index in [1.807, 2.05) is 92.8 Å². The van der Waals surface area contributed by atoms with Crippen LogP contribution in [0.3, 0.4) is 0 Å². The van der Waals surface area contributed by atoms with E-state index in [9.17, 15) is 9.59 Å². The number of hydrogen-bond acceptors (Lipinski definition) is 3. The second-order valence-corrected chi connectivity index (χ2v) is 8.19. The Morgan fingerprint density at radius 1 is 0.939 bits per heavy atom. The molecule has 1 heterocycles. The average Bonchev–Trinajstić information content (AvgIpc) is 3.20. The lowest BCUT2D eigenvalue weighted by atomic mass is 10.0. The summed E-state index contributed by atoms with van der Waals surface area (Å²) in [5, 5.41) is 6.71. The zero-order valence-corrected chi connectivity index (χ0v) is 18.7. The van der Waals surface area contributed by atoms with Crippen molar-refractivity contribution in [3.05, 3.63) is 101 Å². The zero-order chi connectivity index (χ0) is 23.2. The van der Waals surface area contributed by atoms with Crippen molar-refractivity contribution < 1.29 is 14.3 Å². The monoisotopic (exact) mass is 441 g/mol. The molecule has 0 aliphatic rings. The van der Waals surface area contributed by atoms with Crippen molar-refractivity contribution in [3.63, 3.8) is 0 Å². The average molecular weight is 442 g/mol. The number of hydrogen-bond donors (Lipinski definition) is 3. The predicted octanol–water partition coefficient (Wildman–Crippen LogP) is 5.26. The number of fused-ring (bicyclic) bond motifs is 1. The van der Waals surface area contributed by atoms with Gasteiger partial charge in [0, 0.05) is 29.2 Å². The van der Waals surface area contributed by atoms with Gasteiger partial charge in [-0.2, -0.15) is 0 Å². The first-order valence-electron chi connectivity index (χ1n) is 10.9. The second kappa shape index (κ2) is 10.0. The highest BCUT2D eigenvalue weighted by atomic mass is 16.5. The summed E-state index contributed by atoms with van der Waals surface area (Å²) < 4.78 is 5.37. The molecule has 0 saturated heterocycles. The lowest BCUT2D eigenvalue weighted by Gasteiger charge is -2.19. The maximum Gasteiger partial charge on any atom is 0.408 e. The summed E-state index contributed by atoms with van der Waals surface area (Å²) in [6.45, 7) is 4.09. The van der Waals surface area contributed by atoms with E-state index in [1.165, 1.54) is 0 Å². The third-order valence-corrected chi connectivity index (χ3v) is 5.41. The number of carbonyl (C=O) groups excluding carboxylic acids is 2. The molecule has 6 nitrogen and oxygen atoms in total. The molecule has 4 rings (SSSR count). The first-order valence-corrected chi connectivity index (χ1v) is 10.9. The number of carbonyl (C=O) groups is 2. The Balaban J connectivity index is 1.51. The number of H-pyrrole nitrogens is 1. The first-order chi connectivity index (χ1) is 16.0. The minimum Gasteiger partial charge on any atom is -0.445 e. The molecule has 0 radical (unpaired) electrons. The molecule has 168 valence electrons. The van der Waals surface area contributed by atoms with E-state index in [0.29, 0.717) is 12.1 Å². The first kappa shape index (κ1) is 22.1. The van der Waals surface area contributed by atoms with Crippen LogP contribution in [0.2, 0.25) is 0 Å². The Morgan fingerprint density at radius 3 is 2.39 bits per heavy atom. The van der Waals surface area contributed by atoms with Gasteiger partial charge in [-0.1, -0.05) is 54.6 Å². The minimum atomic E-state index is -0.812. The molecule has 1 aromatic heterocycles. The highest BCUT2D eigenvalue weighted by Gasteiger charge is 2.24. The van der Waals surface area contributed by atoms with Crippen molar-refractivity contribution in [2.24, 2.45) is 0 Å². The fourth-order valence-electron chi connectivity index (χ4n) is 3.91. The van der Waals surface area contributed by atoms with E-state index in [-0.39, 0.29) is 12.5 Å². The number of anilines is 1. The molecule has 0 fully saturated rings. The Bertz CT molecular complexity index is 1240.